The van der Waals surface area contributed by atoms with Gasteiger partial charge in [-0.25, -0.2) is 9.97 Å². The molecular weight excluding hydrogens is 238 g/mol. The maximum Gasteiger partial charge on any atom is 0.233 e. The summed E-state index contributed by atoms with van der Waals surface area (Å²) in [5.74, 6) is 0.770. The molecule has 5 heteroatoms. The molecule has 0 amide bonds. The van der Waals surface area contributed by atoms with Gasteiger partial charge in [-0.1, -0.05) is 6.42 Å². The number of nitrogens with zero attached hydrogens (tertiary/aromatic N) is 4. The highest BCUT2D eigenvalue weighted by Gasteiger charge is 2.27. The van der Waals surface area contributed by atoms with Crippen molar-refractivity contribution in [3.05, 3.63) is 30.4 Å². The van der Waals surface area contributed by atoms with Gasteiger partial charge in [0.2, 0.25) is 5.78 Å². The van der Waals surface area contributed by atoms with Crippen LogP contribution in [0.4, 0.5) is 0 Å². The topological polar surface area (TPSA) is 59.5 Å². The van der Waals surface area contributed by atoms with E-state index >= 15 is 0 Å². The molecule has 3 rings (SSSR count). The molecule has 19 heavy (non-hydrogen) atoms. The van der Waals surface area contributed by atoms with Crippen LogP contribution in [0.15, 0.2) is 24.7 Å². The minimum Gasteiger partial charge on any atom is -0.329 e. The second kappa shape index (κ2) is 5.27. The fourth-order valence-corrected chi connectivity index (χ4v) is 3.02. The predicted octanol–water partition coefficient (Wildman–Crippen LogP) is 1.43. The molecule has 0 saturated carbocycles. The molecular formula is C14H21N5. The lowest BCUT2D eigenvalue weighted by Crippen LogP contribution is -2.48. The number of aromatic nitrogens is 3. The van der Waals surface area contributed by atoms with Crippen LogP contribution in [0.1, 0.15) is 31.9 Å². The van der Waals surface area contributed by atoms with Crippen LogP contribution in [-0.2, 0) is 6.54 Å². The summed E-state index contributed by atoms with van der Waals surface area (Å²) >= 11 is 0. The number of rotatable bonds is 3. The average Bonchev–Trinajstić information content (AvgIpc) is 2.83. The number of fused-ring (bicyclic) bond motifs is 1. The highest BCUT2D eigenvalue weighted by molar-refractivity contribution is 5.29. The zero-order valence-corrected chi connectivity index (χ0v) is 11.4. The summed E-state index contributed by atoms with van der Waals surface area (Å²) in [6.07, 6.45) is 9.56. The van der Waals surface area contributed by atoms with Crippen LogP contribution in [0.5, 0.6) is 0 Å². The van der Waals surface area contributed by atoms with Crippen LogP contribution in [0.2, 0.25) is 0 Å². The first-order valence-corrected chi connectivity index (χ1v) is 7.02. The van der Waals surface area contributed by atoms with Gasteiger partial charge in [-0.05, 0) is 25.8 Å². The predicted molar refractivity (Wildman–Crippen MR) is 74.7 cm³/mol. The van der Waals surface area contributed by atoms with Crippen LogP contribution in [-0.4, -0.2) is 37.9 Å². The number of nitrogens with two attached hydrogens (primary N) is 1. The van der Waals surface area contributed by atoms with E-state index in [1.807, 2.05) is 16.7 Å². The standard InChI is InChI=1S/C14H21N5/c1-11-4-2-5-13(8-15)19(11)10-12-9-18-7-3-6-16-14(18)17-12/h3,6-7,9,11,13H,2,4-5,8,10,15H2,1H3. The van der Waals surface area contributed by atoms with E-state index in [2.05, 4.69) is 28.0 Å². The van der Waals surface area contributed by atoms with Gasteiger partial charge in [0, 0.05) is 43.8 Å². The van der Waals surface area contributed by atoms with Gasteiger partial charge < -0.3 is 5.73 Å². The lowest BCUT2D eigenvalue weighted by molar-refractivity contribution is 0.0880. The Morgan fingerprint density at radius 1 is 1.42 bits per heavy atom. The van der Waals surface area contributed by atoms with Gasteiger partial charge in [0.1, 0.15) is 0 Å². The van der Waals surface area contributed by atoms with E-state index in [0.29, 0.717) is 12.1 Å². The van der Waals surface area contributed by atoms with Gasteiger partial charge >= 0.3 is 0 Å². The van der Waals surface area contributed by atoms with Gasteiger partial charge in [0.15, 0.2) is 0 Å². The van der Waals surface area contributed by atoms with Crippen molar-refractivity contribution in [2.75, 3.05) is 6.54 Å². The van der Waals surface area contributed by atoms with Gasteiger partial charge in [0.05, 0.1) is 5.69 Å². The van der Waals surface area contributed by atoms with Crippen LogP contribution in [0, 0.1) is 0 Å². The Balaban J connectivity index is 1.82. The largest absolute Gasteiger partial charge is 0.329 e. The Morgan fingerprint density at radius 3 is 3.11 bits per heavy atom. The molecule has 0 aliphatic carbocycles. The number of hydrogen-bond donors (Lipinski definition) is 1. The number of imidazole rings is 1. The van der Waals surface area contributed by atoms with Crippen LogP contribution in [0.3, 0.4) is 0 Å². The molecule has 0 bridgehead atoms. The van der Waals surface area contributed by atoms with E-state index in [-0.39, 0.29) is 0 Å². The van der Waals surface area contributed by atoms with Crippen molar-refractivity contribution in [3.63, 3.8) is 0 Å². The maximum absolute atomic E-state index is 5.90. The van der Waals surface area contributed by atoms with E-state index in [1.165, 1.54) is 19.3 Å². The summed E-state index contributed by atoms with van der Waals surface area (Å²) in [5.41, 5.74) is 6.98. The molecule has 5 nitrogen and oxygen atoms in total. The Morgan fingerprint density at radius 2 is 2.32 bits per heavy atom. The molecule has 2 aromatic heterocycles. The van der Waals surface area contributed by atoms with Gasteiger partial charge in [0.25, 0.3) is 0 Å². The Labute approximate surface area is 113 Å². The minimum absolute atomic E-state index is 0.488. The summed E-state index contributed by atoms with van der Waals surface area (Å²) in [4.78, 5) is 11.3. The van der Waals surface area contributed by atoms with Crippen molar-refractivity contribution in [3.8, 4) is 0 Å². The first-order chi connectivity index (χ1) is 9.28. The molecule has 2 N–H and O–H groups in total. The zero-order chi connectivity index (χ0) is 13.2. The van der Waals surface area contributed by atoms with Crippen molar-refractivity contribution in [1.82, 2.24) is 19.3 Å². The number of likely N-dealkylation sites (tertiary alicyclic amines) is 1. The highest BCUT2D eigenvalue weighted by atomic mass is 15.2. The summed E-state index contributed by atoms with van der Waals surface area (Å²) in [7, 11) is 0. The van der Waals surface area contributed by atoms with E-state index in [0.717, 1.165) is 24.6 Å². The molecule has 1 aliphatic heterocycles. The normalized spacial score (nSPS) is 24.9. The Kier molecular flexibility index (Phi) is 3.48. The monoisotopic (exact) mass is 259 g/mol. The maximum atomic E-state index is 5.90. The molecule has 2 unspecified atom stereocenters. The van der Waals surface area contributed by atoms with Crippen molar-refractivity contribution < 1.29 is 0 Å². The molecule has 1 fully saturated rings. The van der Waals surface area contributed by atoms with E-state index in [9.17, 15) is 0 Å². The number of hydrogen-bond acceptors (Lipinski definition) is 4. The van der Waals surface area contributed by atoms with E-state index in [4.69, 9.17) is 5.73 Å². The first kappa shape index (κ1) is 12.6. The lowest BCUT2D eigenvalue weighted by atomic mass is 9.96. The van der Waals surface area contributed by atoms with Crippen molar-refractivity contribution in [1.29, 1.82) is 0 Å². The van der Waals surface area contributed by atoms with E-state index < -0.39 is 0 Å². The summed E-state index contributed by atoms with van der Waals surface area (Å²) in [6.45, 7) is 3.89. The highest BCUT2D eigenvalue weighted by Crippen LogP contribution is 2.24. The van der Waals surface area contributed by atoms with Crippen LogP contribution >= 0.6 is 0 Å². The minimum atomic E-state index is 0.488. The third-order valence-electron chi connectivity index (χ3n) is 4.10. The molecule has 0 radical (unpaired) electrons. The smallest absolute Gasteiger partial charge is 0.233 e. The van der Waals surface area contributed by atoms with Crippen molar-refractivity contribution >= 4 is 5.78 Å². The molecule has 1 aliphatic rings. The Hall–Kier alpha value is -1.46. The molecule has 0 spiro atoms. The van der Waals surface area contributed by atoms with Crippen LogP contribution in [0.25, 0.3) is 5.78 Å². The van der Waals surface area contributed by atoms with Gasteiger partial charge in [-0.3, -0.25) is 9.30 Å². The second-order valence-electron chi connectivity index (χ2n) is 5.40. The average molecular weight is 259 g/mol. The second-order valence-corrected chi connectivity index (χ2v) is 5.40. The fourth-order valence-electron chi connectivity index (χ4n) is 3.02. The summed E-state index contributed by atoms with van der Waals surface area (Å²) < 4.78 is 1.97. The summed E-state index contributed by atoms with van der Waals surface area (Å²) in [5, 5.41) is 0. The summed E-state index contributed by atoms with van der Waals surface area (Å²) in [6, 6.07) is 2.99. The first-order valence-electron chi connectivity index (χ1n) is 7.02. The third-order valence-corrected chi connectivity index (χ3v) is 4.10. The molecule has 2 atom stereocenters. The van der Waals surface area contributed by atoms with Crippen molar-refractivity contribution in [2.45, 2.75) is 44.8 Å². The molecule has 3 heterocycles. The zero-order valence-electron chi connectivity index (χ0n) is 11.4. The third kappa shape index (κ3) is 2.48. The quantitative estimate of drug-likeness (QED) is 0.906. The van der Waals surface area contributed by atoms with Gasteiger partial charge in [-0.2, -0.15) is 0 Å². The Bertz CT molecular complexity index is 517. The molecule has 102 valence electrons. The lowest BCUT2D eigenvalue weighted by Gasteiger charge is -2.39. The molecule has 2 aromatic rings. The van der Waals surface area contributed by atoms with Crippen LogP contribution < -0.4 is 5.73 Å². The van der Waals surface area contributed by atoms with Crippen molar-refractivity contribution in [2.24, 2.45) is 5.73 Å². The van der Waals surface area contributed by atoms with E-state index in [1.54, 1.807) is 6.20 Å². The fraction of sp³-hybridized carbons (Fsp3) is 0.571. The number of piperidine rings is 1. The van der Waals surface area contributed by atoms with Gasteiger partial charge in [-0.15, -0.1) is 0 Å². The molecule has 0 aromatic carbocycles. The SMILES string of the molecule is CC1CCCC(CN)N1Cc1cn2cccnc2n1. The molecule has 1 saturated heterocycles.